The van der Waals surface area contributed by atoms with Gasteiger partial charge in [-0.05, 0) is 36.8 Å². The van der Waals surface area contributed by atoms with Gasteiger partial charge in [0.1, 0.15) is 0 Å². The minimum atomic E-state index is -4.43. The lowest BCUT2D eigenvalue weighted by atomic mass is 10.1. The Kier molecular flexibility index (Phi) is 5.21. The number of nitrogens with zero attached hydrogens (tertiary/aromatic N) is 1. The summed E-state index contributed by atoms with van der Waals surface area (Å²) in [5, 5.41) is 2.89. The molecule has 2 aromatic rings. The van der Waals surface area contributed by atoms with Crippen molar-refractivity contribution in [2.75, 3.05) is 11.4 Å². The van der Waals surface area contributed by atoms with Gasteiger partial charge in [-0.3, -0.25) is 9.59 Å². The molecule has 1 N–H and O–H groups in total. The second-order valence-electron chi connectivity index (χ2n) is 6.59. The van der Waals surface area contributed by atoms with E-state index in [1.807, 2.05) is 37.3 Å². The van der Waals surface area contributed by atoms with Crippen molar-refractivity contribution in [3.8, 4) is 0 Å². The Morgan fingerprint density at radius 2 is 1.74 bits per heavy atom. The normalized spacial score (nSPS) is 18.4. The van der Waals surface area contributed by atoms with Crippen molar-refractivity contribution >= 4 is 17.5 Å². The van der Waals surface area contributed by atoms with E-state index in [0.29, 0.717) is 5.69 Å². The van der Waals surface area contributed by atoms with Gasteiger partial charge in [0, 0.05) is 18.7 Å². The number of halogens is 3. The highest BCUT2D eigenvalue weighted by Crippen LogP contribution is 2.32. The van der Waals surface area contributed by atoms with Crippen LogP contribution in [-0.2, 0) is 15.8 Å². The van der Waals surface area contributed by atoms with Gasteiger partial charge in [0.15, 0.2) is 0 Å². The molecule has 7 heteroatoms. The van der Waals surface area contributed by atoms with E-state index < -0.39 is 17.7 Å². The van der Waals surface area contributed by atoms with E-state index >= 15 is 0 Å². The molecule has 0 aromatic heterocycles. The summed E-state index contributed by atoms with van der Waals surface area (Å²) in [4.78, 5) is 26.1. The average Bonchev–Trinajstić information content (AvgIpc) is 3.03. The van der Waals surface area contributed by atoms with Gasteiger partial charge in [-0.2, -0.15) is 13.2 Å². The zero-order valence-electron chi connectivity index (χ0n) is 14.7. The molecule has 4 nitrogen and oxygen atoms in total. The molecule has 2 amide bonds. The van der Waals surface area contributed by atoms with Crippen LogP contribution in [0.1, 0.15) is 30.5 Å². The van der Waals surface area contributed by atoms with Gasteiger partial charge in [-0.1, -0.05) is 30.3 Å². The monoisotopic (exact) mass is 376 g/mol. The summed E-state index contributed by atoms with van der Waals surface area (Å²) in [7, 11) is 0. The number of hydrogen-bond donors (Lipinski definition) is 1. The van der Waals surface area contributed by atoms with Gasteiger partial charge in [0.05, 0.1) is 17.5 Å². The summed E-state index contributed by atoms with van der Waals surface area (Å²) in [5.41, 5.74) is 0.540. The van der Waals surface area contributed by atoms with E-state index in [0.717, 1.165) is 17.7 Å². The Bertz CT molecular complexity index is 819. The number of benzene rings is 2. The smallest absolute Gasteiger partial charge is 0.349 e. The first kappa shape index (κ1) is 18.9. The largest absolute Gasteiger partial charge is 0.416 e. The first-order chi connectivity index (χ1) is 12.8. The number of amides is 2. The molecule has 1 aliphatic rings. The Morgan fingerprint density at radius 3 is 2.33 bits per heavy atom. The molecule has 1 saturated heterocycles. The SMILES string of the molecule is CC(NC(=O)C1CC(=O)N(c2ccc(C(F)(F)F)cc2)C1)c1ccccc1. The van der Waals surface area contributed by atoms with E-state index in [1.165, 1.54) is 17.0 Å². The molecule has 27 heavy (non-hydrogen) atoms. The van der Waals surface area contributed by atoms with Crippen LogP contribution in [0.3, 0.4) is 0 Å². The minimum Gasteiger partial charge on any atom is -0.349 e. The third kappa shape index (κ3) is 4.30. The van der Waals surface area contributed by atoms with Gasteiger partial charge in [0.2, 0.25) is 11.8 Å². The van der Waals surface area contributed by atoms with Crippen molar-refractivity contribution in [1.29, 1.82) is 0 Å². The first-order valence-electron chi connectivity index (χ1n) is 8.58. The number of anilines is 1. The quantitative estimate of drug-likeness (QED) is 0.879. The number of nitrogens with one attached hydrogen (secondary N) is 1. The predicted molar refractivity (Wildman–Crippen MR) is 94.9 cm³/mol. The highest BCUT2D eigenvalue weighted by atomic mass is 19.4. The third-order valence-corrected chi connectivity index (χ3v) is 4.66. The van der Waals surface area contributed by atoms with Crippen LogP contribution in [0.5, 0.6) is 0 Å². The molecule has 2 aromatic carbocycles. The fourth-order valence-corrected chi connectivity index (χ4v) is 3.12. The zero-order valence-corrected chi connectivity index (χ0v) is 14.7. The molecule has 2 atom stereocenters. The van der Waals surface area contributed by atoms with Crippen LogP contribution in [0.2, 0.25) is 0 Å². The molecule has 1 aliphatic heterocycles. The van der Waals surface area contributed by atoms with Crippen molar-refractivity contribution in [3.63, 3.8) is 0 Å². The molecule has 2 unspecified atom stereocenters. The topological polar surface area (TPSA) is 49.4 Å². The van der Waals surface area contributed by atoms with Crippen LogP contribution in [0.15, 0.2) is 54.6 Å². The summed E-state index contributed by atoms with van der Waals surface area (Å²) in [5.74, 6) is -1.05. The minimum absolute atomic E-state index is 0.0361. The molecule has 3 rings (SSSR count). The number of carbonyl (C=O) groups excluding carboxylic acids is 2. The van der Waals surface area contributed by atoms with Crippen LogP contribution in [0, 0.1) is 5.92 Å². The van der Waals surface area contributed by atoms with Crippen LogP contribution in [0.25, 0.3) is 0 Å². The van der Waals surface area contributed by atoms with Crippen molar-refractivity contribution in [1.82, 2.24) is 5.32 Å². The van der Waals surface area contributed by atoms with Gasteiger partial charge in [-0.15, -0.1) is 0 Å². The average molecular weight is 376 g/mol. The Hall–Kier alpha value is -2.83. The Morgan fingerprint density at radius 1 is 1.11 bits per heavy atom. The van der Waals surface area contributed by atoms with Gasteiger partial charge >= 0.3 is 6.18 Å². The maximum Gasteiger partial charge on any atom is 0.416 e. The highest BCUT2D eigenvalue weighted by Gasteiger charge is 2.36. The molecular formula is C20H19F3N2O2. The maximum absolute atomic E-state index is 12.7. The van der Waals surface area contributed by atoms with E-state index in [-0.39, 0.29) is 30.8 Å². The number of carbonyl (C=O) groups is 2. The Labute approximate surface area is 155 Å². The summed E-state index contributed by atoms with van der Waals surface area (Å²) >= 11 is 0. The molecule has 1 fully saturated rings. The van der Waals surface area contributed by atoms with Crippen molar-refractivity contribution < 1.29 is 22.8 Å². The summed E-state index contributed by atoms with van der Waals surface area (Å²) < 4.78 is 38.0. The molecule has 0 aliphatic carbocycles. The third-order valence-electron chi connectivity index (χ3n) is 4.66. The molecule has 0 radical (unpaired) electrons. The summed E-state index contributed by atoms with van der Waals surface area (Å²) in [6.45, 7) is 2.01. The van der Waals surface area contributed by atoms with E-state index in [9.17, 15) is 22.8 Å². The van der Waals surface area contributed by atoms with Crippen LogP contribution in [0.4, 0.5) is 18.9 Å². The fourth-order valence-electron chi connectivity index (χ4n) is 3.12. The molecule has 0 bridgehead atoms. The number of rotatable bonds is 4. The second-order valence-corrected chi connectivity index (χ2v) is 6.59. The zero-order chi connectivity index (χ0) is 19.6. The van der Waals surface area contributed by atoms with Gasteiger partial charge < -0.3 is 10.2 Å². The van der Waals surface area contributed by atoms with Crippen LogP contribution in [-0.4, -0.2) is 18.4 Å². The molecule has 1 heterocycles. The number of hydrogen-bond acceptors (Lipinski definition) is 2. The lowest BCUT2D eigenvalue weighted by Gasteiger charge is -2.19. The molecule has 0 saturated carbocycles. The van der Waals surface area contributed by atoms with Crippen LogP contribution >= 0.6 is 0 Å². The molecule has 142 valence electrons. The van der Waals surface area contributed by atoms with Crippen LogP contribution < -0.4 is 10.2 Å². The standard InChI is InChI=1S/C20H19F3N2O2/c1-13(14-5-3-2-4-6-14)24-19(27)15-11-18(26)25(12-15)17-9-7-16(8-10-17)20(21,22)23/h2-10,13,15H,11-12H2,1H3,(H,24,27). The lowest BCUT2D eigenvalue weighted by Crippen LogP contribution is -2.34. The van der Waals surface area contributed by atoms with E-state index in [1.54, 1.807) is 0 Å². The summed E-state index contributed by atoms with van der Waals surface area (Å²) in [6, 6.07) is 13.6. The molecular weight excluding hydrogens is 357 g/mol. The van der Waals surface area contributed by atoms with E-state index in [2.05, 4.69) is 5.32 Å². The summed E-state index contributed by atoms with van der Waals surface area (Å²) in [6.07, 6.45) is -4.39. The number of alkyl halides is 3. The van der Waals surface area contributed by atoms with Gasteiger partial charge in [-0.25, -0.2) is 0 Å². The van der Waals surface area contributed by atoms with Gasteiger partial charge in [0.25, 0.3) is 0 Å². The fraction of sp³-hybridized carbons (Fsp3) is 0.300. The lowest BCUT2D eigenvalue weighted by molar-refractivity contribution is -0.137. The molecule has 0 spiro atoms. The van der Waals surface area contributed by atoms with Crippen molar-refractivity contribution in [3.05, 3.63) is 65.7 Å². The Balaban J connectivity index is 1.65. The predicted octanol–water partition coefficient (Wildman–Crippen LogP) is 3.94. The van der Waals surface area contributed by atoms with Crippen molar-refractivity contribution in [2.24, 2.45) is 5.92 Å². The maximum atomic E-state index is 12.7. The second kappa shape index (κ2) is 7.42. The van der Waals surface area contributed by atoms with Crippen molar-refractivity contribution in [2.45, 2.75) is 25.6 Å². The highest BCUT2D eigenvalue weighted by molar-refractivity contribution is 6.00. The van der Waals surface area contributed by atoms with E-state index in [4.69, 9.17) is 0 Å². The first-order valence-corrected chi connectivity index (χ1v) is 8.58.